The maximum Gasteiger partial charge on any atom is 0.311 e. The Kier molecular flexibility index (Phi) is 21.6. The van der Waals surface area contributed by atoms with E-state index in [1.807, 2.05) is 69.0 Å². The van der Waals surface area contributed by atoms with Crippen LogP contribution in [0.15, 0.2) is 36.7 Å². The number of rotatable bonds is 18. The van der Waals surface area contributed by atoms with Crippen molar-refractivity contribution in [1.82, 2.24) is 39.8 Å². The van der Waals surface area contributed by atoms with Crippen LogP contribution < -0.4 is 0 Å². The fraction of sp³-hybridized carbons (Fsp3) is 0.800. The first-order valence-corrected chi connectivity index (χ1v) is 27.6. The Morgan fingerprint density at radius 3 is 2.22 bits per heavy atom. The van der Waals surface area contributed by atoms with Gasteiger partial charge in [-0.3, -0.25) is 9.48 Å². The number of unbranched alkanes of at least 4 members (excludes halogenated alkanes) is 1. The quantitative estimate of drug-likeness (QED) is 0.0789. The van der Waals surface area contributed by atoms with Crippen molar-refractivity contribution < 1.29 is 63.9 Å². The smallest absolute Gasteiger partial charge is 0.311 e. The third-order valence-corrected chi connectivity index (χ3v) is 16.6. The molecule has 0 aliphatic carbocycles. The molecule has 3 aliphatic heterocycles. The van der Waals surface area contributed by atoms with Crippen LogP contribution >= 0.6 is 0 Å². The summed E-state index contributed by atoms with van der Waals surface area (Å²) in [6.07, 6.45) is -1.34. The highest BCUT2D eigenvalue weighted by Crippen LogP contribution is 2.40. The molecule has 0 spiro atoms. The molecule has 18 atom stereocenters. The summed E-state index contributed by atoms with van der Waals surface area (Å²) in [7, 11) is 5.30. The van der Waals surface area contributed by atoms with Crippen LogP contribution in [0.1, 0.15) is 125 Å². The molecule has 6 N–H and O–H groups in total. The van der Waals surface area contributed by atoms with Crippen LogP contribution in [0.3, 0.4) is 0 Å². The van der Waals surface area contributed by atoms with Crippen LogP contribution in [0.25, 0.3) is 5.69 Å². The largest absolute Gasteiger partial charge is 0.459 e. The van der Waals surface area contributed by atoms with Crippen molar-refractivity contribution in [3.8, 4) is 5.69 Å². The minimum Gasteiger partial charge on any atom is -0.459 e. The summed E-state index contributed by atoms with van der Waals surface area (Å²) in [5.74, 6) is -2.77. The molecule has 1 aromatic carbocycles. The van der Waals surface area contributed by atoms with E-state index in [9.17, 15) is 35.4 Å². The van der Waals surface area contributed by atoms with Gasteiger partial charge in [0, 0.05) is 76.8 Å². The lowest BCUT2D eigenvalue weighted by atomic mass is 9.77. The molecular weight excluding hydrogens is 981 g/mol. The molecule has 430 valence electrons. The minimum atomic E-state index is -1.84. The average molecular weight is 1070 g/mol. The molecule has 76 heavy (non-hydrogen) atoms. The van der Waals surface area contributed by atoms with Crippen molar-refractivity contribution in [2.45, 2.75) is 224 Å². The van der Waals surface area contributed by atoms with Gasteiger partial charge >= 0.3 is 5.97 Å². The fourth-order valence-corrected chi connectivity index (χ4v) is 11.8. The molecule has 21 nitrogen and oxygen atoms in total. The van der Waals surface area contributed by atoms with Gasteiger partial charge in [-0.05, 0) is 125 Å². The van der Waals surface area contributed by atoms with E-state index in [0.29, 0.717) is 32.4 Å². The van der Waals surface area contributed by atoms with Crippen molar-refractivity contribution in [2.24, 2.45) is 17.8 Å². The Bertz CT molecular complexity index is 2250. The normalized spacial score (nSPS) is 37.7. The lowest BCUT2D eigenvalue weighted by molar-refractivity contribution is -0.318. The maximum atomic E-state index is 14.5. The number of carbonyl (C=O) groups excluding carboxylic acids is 1. The molecule has 0 saturated carbocycles. The third kappa shape index (κ3) is 15.0. The van der Waals surface area contributed by atoms with Crippen LogP contribution in [0, 0.1) is 17.8 Å². The molecule has 0 unspecified atom stereocenters. The van der Waals surface area contributed by atoms with E-state index in [0.717, 1.165) is 42.9 Å². The summed E-state index contributed by atoms with van der Waals surface area (Å²) in [5, 5.41) is 86.1. The van der Waals surface area contributed by atoms with Crippen LogP contribution in [0.4, 0.5) is 0 Å². The summed E-state index contributed by atoms with van der Waals surface area (Å²) >= 11 is 0. The Morgan fingerprint density at radius 1 is 0.868 bits per heavy atom. The second-order valence-electron chi connectivity index (χ2n) is 23.2. The van der Waals surface area contributed by atoms with E-state index >= 15 is 0 Å². The summed E-state index contributed by atoms with van der Waals surface area (Å²) in [5.41, 5.74) is -0.818. The number of aryl methyl sites for hydroxylation is 2. The van der Waals surface area contributed by atoms with Gasteiger partial charge < -0.3 is 68.9 Å². The minimum absolute atomic E-state index is 0.0321. The lowest BCUT2D eigenvalue weighted by Crippen LogP contribution is -2.61. The Morgan fingerprint density at radius 2 is 1.55 bits per heavy atom. The molecule has 3 aliphatic rings. The lowest BCUT2D eigenvalue weighted by Gasteiger charge is -2.49. The van der Waals surface area contributed by atoms with Gasteiger partial charge in [-0.25, -0.2) is 4.68 Å². The number of esters is 1. The van der Waals surface area contributed by atoms with Crippen LogP contribution in [0.5, 0.6) is 0 Å². The zero-order valence-corrected chi connectivity index (χ0v) is 47.4. The van der Waals surface area contributed by atoms with Crippen LogP contribution in [-0.4, -0.2) is 208 Å². The first kappa shape index (κ1) is 61.7. The summed E-state index contributed by atoms with van der Waals surface area (Å²) < 4.78 is 42.0. The van der Waals surface area contributed by atoms with Gasteiger partial charge in [0.15, 0.2) is 12.6 Å². The molecule has 6 rings (SSSR count). The molecule has 0 radical (unpaired) electrons. The predicted octanol–water partition coefficient (Wildman–Crippen LogP) is 3.24. The Hall–Kier alpha value is -3.55. The molecule has 2 aromatic heterocycles. The molecule has 0 bridgehead atoms. The van der Waals surface area contributed by atoms with Gasteiger partial charge in [0.1, 0.15) is 30.0 Å². The van der Waals surface area contributed by atoms with Gasteiger partial charge in [0.25, 0.3) is 0 Å². The number of nitrogens with zero attached hydrogens (tertiary/aromatic N) is 8. The van der Waals surface area contributed by atoms with E-state index in [1.54, 1.807) is 46.2 Å². The number of aliphatic hydroxyl groups excluding tert-OH is 4. The molecule has 3 aromatic rings. The number of likely N-dealkylation sites (N-methyl/N-ethyl adjacent to an activating group) is 2. The van der Waals surface area contributed by atoms with Crippen molar-refractivity contribution in [3.63, 3.8) is 0 Å². The maximum absolute atomic E-state index is 14.5. The number of aromatic nitrogens is 6. The number of benzene rings is 1. The molecule has 3 fully saturated rings. The number of hydrogen-bond donors (Lipinski definition) is 6. The molecule has 5 heterocycles. The van der Waals surface area contributed by atoms with Crippen molar-refractivity contribution in [2.75, 3.05) is 40.9 Å². The van der Waals surface area contributed by atoms with Gasteiger partial charge in [0.05, 0.1) is 64.8 Å². The van der Waals surface area contributed by atoms with E-state index in [-0.39, 0.29) is 37.9 Å². The number of carbonyl (C=O) groups is 1. The van der Waals surface area contributed by atoms with E-state index in [2.05, 4.69) is 37.7 Å². The Balaban J connectivity index is 1.16. The first-order valence-electron chi connectivity index (χ1n) is 27.6. The van der Waals surface area contributed by atoms with Crippen molar-refractivity contribution in [3.05, 3.63) is 53.6 Å². The van der Waals surface area contributed by atoms with E-state index in [4.69, 9.17) is 28.4 Å². The molecular formula is C55H92N8O13. The summed E-state index contributed by atoms with van der Waals surface area (Å²) in [6.45, 7) is 19.3. The number of cyclic esters (lactones) is 1. The van der Waals surface area contributed by atoms with E-state index in [1.165, 1.54) is 19.6 Å². The average Bonchev–Trinajstić information content (AvgIpc) is 4.05. The number of ether oxygens (including phenoxy) is 6. The Labute approximate surface area is 450 Å². The molecule has 3 saturated heterocycles. The van der Waals surface area contributed by atoms with Gasteiger partial charge in [0.2, 0.25) is 0 Å². The van der Waals surface area contributed by atoms with Crippen LogP contribution in [-0.2, 0) is 59.0 Å². The second kappa shape index (κ2) is 26.6. The van der Waals surface area contributed by atoms with Gasteiger partial charge in [-0.2, -0.15) is 0 Å². The second-order valence-corrected chi connectivity index (χ2v) is 23.2. The third-order valence-electron chi connectivity index (χ3n) is 16.6. The SMILES string of the molecule is CC[C@H]1OC(=O)[C@H](C)[C@@H](O[C@H]2C[C@@](C)(OC)[C@@H](O)[C@H](C)O2)[C@H](C)[C@@H](O[C@@H]2O[C@H](C)C[C@H](N(C)CCc3cn(CCCCc4ccc(-n5cc(CCO)nn5)cc4)nn3)[C@H]2O)[C@](C)(O)C[C@@H](C)CN(C)[C@H](C)[C@@H](O)[C@]1(C)O. The molecule has 21 heteroatoms. The number of methoxy groups -OCH3 is 1. The molecule has 0 amide bonds. The topological polar surface area (TPSA) is 262 Å². The highest BCUT2D eigenvalue weighted by Gasteiger charge is 2.53. The van der Waals surface area contributed by atoms with Crippen LogP contribution in [0.2, 0.25) is 0 Å². The highest BCUT2D eigenvalue weighted by atomic mass is 16.7. The first-order chi connectivity index (χ1) is 35.8. The van der Waals surface area contributed by atoms with E-state index < -0.39 is 102 Å². The van der Waals surface area contributed by atoms with Crippen molar-refractivity contribution >= 4 is 5.97 Å². The predicted molar refractivity (Wildman–Crippen MR) is 282 cm³/mol. The highest BCUT2D eigenvalue weighted by molar-refractivity contribution is 5.73. The number of aliphatic hydroxyl groups is 6. The van der Waals surface area contributed by atoms with Gasteiger partial charge in [-0.15, -0.1) is 10.2 Å². The standard InChI is InChI=1S/C55H92N8O13/c1-14-44-55(10,70)48(66)37(6)61(12)30-33(2)28-53(8,69)50(35(4)47(36(5)51(68)74-44)75-45-29-54(9,71-13)49(67)38(7)73-45)76-52-46(65)43(27-34(3)72-52)60(11)25-22-40-31-62(58-56-40)24-16-15-17-39-18-20-42(21-19-39)63-32-41(23-26-64)57-59-63/h18-21,31-38,43-50,52,64-67,69-70H,14-17,22-30H2,1-13H3/t33-,34-,35+,36-,37-,38+,43+,44-,45+,46-,47+,48-,49+,50-,52+,53-,54-,55-/m1/s1. The van der Waals surface area contributed by atoms with Crippen molar-refractivity contribution in [1.29, 1.82) is 0 Å². The fourth-order valence-electron chi connectivity index (χ4n) is 11.8. The van der Waals surface area contributed by atoms with Gasteiger partial charge in [-0.1, -0.05) is 43.3 Å². The zero-order valence-electron chi connectivity index (χ0n) is 47.4. The zero-order chi connectivity index (χ0) is 55.9. The summed E-state index contributed by atoms with van der Waals surface area (Å²) in [4.78, 5) is 18.5. The summed E-state index contributed by atoms with van der Waals surface area (Å²) in [6, 6.07) is 7.26. The number of hydrogen-bond acceptors (Lipinski definition) is 19. The monoisotopic (exact) mass is 1070 g/mol.